The third kappa shape index (κ3) is 3.93. The molecule has 0 radical (unpaired) electrons. The highest BCUT2D eigenvalue weighted by atomic mass is 32.2. The Bertz CT molecular complexity index is 535. The van der Waals surface area contributed by atoms with Gasteiger partial charge in [0.15, 0.2) is 0 Å². The summed E-state index contributed by atoms with van der Waals surface area (Å²) in [5.74, 6) is 0.322. The molecule has 1 rings (SSSR count). The van der Waals surface area contributed by atoms with Crippen LogP contribution in [0.4, 0.5) is 0 Å². The maximum Gasteiger partial charge on any atom is 0.306 e. The van der Waals surface area contributed by atoms with Gasteiger partial charge in [0.1, 0.15) is 5.75 Å². The van der Waals surface area contributed by atoms with Crippen molar-refractivity contribution >= 4 is 16.2 Å². The number of benzene rings is 1. The van der Waals surface area contributed by atoms with Crippen LogP contribution in [0.3, 0.4) is 0 Å². The fourth-order valence-electron chi connectivity index (χ4n) is 1.19. The van der Waals surface area contributed by atoms with Crippen molar-refractivity contribution in [2.45, 2.75) is 13.8 Å². The topological polar surface area (TPSA) is 43.4 Å². The van der Waals surface area contributed by atoms with Gasteiger partial charge < -0.3 is 4.18 Å². The van der Waals surface area contributed by atoms with Gasteiger partial charge in [-0.2, -0.15) is 8.42 Å². The van der Waals surface area contributed by atoms with Crippen LogP contribution in [-0.2, 0) is 10.1 Å². The molecule has 0 aliphatic rings. The molecule has 0 aliphatic carbocycles. The Morgan fingerprint density at radius 1 is 1.38 bits per heavy atom. The molecule has 86 valence electrons. The second-order valence-electron chi connectivity index (χ2n) is 3.43. The second kappa shape index (κ2) is 5.01. The molecule has 0 saturated carbocycles. The van der Waals surface area contributed by atoms with E-state index in [1.54, 1.807) is 24.3 Å². The molecule has 0 aromatic heterocycles. The van der Waals surface area contributed by atoms with Crippen LogP contribution in [-0.4, -0.2) is 14.7 Å². The third-order valence-corrected chi connectivity index (χ3v) is 2.29. The van der Waals surface area contributed by atoms with Crippen LogP contribution in [0.15, 0.2) is 30.0 Å². The highest BCUT2D eigenvalue weighted by Crippen LogP contribution is 2.22. The van der Waals surface area contributed by atoms with Crippen molar-refractivity contribution in [1.82, 2.24) is 0 Å². The van der Waals surface area contributed by atoms with E-state index < -0.39 is 10.1 Å². The molecule has 1 aromatic rings. The molecule has 0 aliphatic heterocycles. The number of allylic oxidation sites excluding steroid dienone is 1. The lowest BCUT2D eigenvalue weighted by Crippen LogP contribution is -2.06. The average Bonchev–Trinajstić information content (AvgIpc) is 2.16. The zero-order chi connectivity index (χ0) is 12.2. The first-order chi connectivity index (χ1) is 7.42. The summed E-state index contributed by atoms with van der Waals surface area (Å²) < 4.78 is 27.0. The van der Waals surface area contributed by atoms with Crippen LogP contribution in [0.25, 0.3) is 6.08 Å². The molecule has 0 fully saturated rings. The minimum absolute atomic E-state index is 0.322. The number of rotatable bonds is 3. The first-order valence-corrected chi connectivity index (χ1v) is 6.61. The second-order valence-corrected chi connectivity index (χ2v) is 5.00. The van der Waals surface area contributed by atoms with Crippen molar-refractivity contribution in [2.75, 3.05) is 6.26 Å². The summed E-state index contributed by atoms with van der Waals surface area (Å²) in [6, 6.07) is 5.28. The molecule has 0 amide bonds. The van der Waals surface area contributed by atoms with Crippen molar-refractivity contribution in [2.24, 2.45) is 0 Å². The van der Waals surface area contributed by atoms with Crippen LogP contribution in [0.5, 0.6) is 5.75 Å². The quantitative estimate of drug-likeness (QED) is 0.600. The highest BCUT2D eigenvalue weighted by Gasteiger charge is 2.07. The largest absolute Gasteiger partial charge is 0.382 e. The Kier molecular flexibility index (Phi) is 3.93. The van der Waals surface area contributed by atoms with Crippen molar-refractivity contribution in [1.29, 1.82) is 0 Å². The normalized spacial score (nSPS) is 10.4. The summed E-state index contributed by atoms with van der Waals surface area (Å²) >= 11 is 0. The van der Waals surface area contributed by atoms with Crippen LogP contribution < -0.4 is 4.18 Å². The van der Waals surface area contributed by atoms with Gasteiger partial charge in [0.25, 0.3) is 0 Å². The van der Waals surface area contributed by atoms with Crippen molar-refractivity contribution in [3.63, 3.8) is 0 Å². The smallest absolute Gasteiger partial charge is 0.306 e. The summed E-state index contributed by atoms with van der Waals surface area (Å²) in [6.07, 6.45) is 4.45. The van der Waals surface area contributed by atoms with Crippen LogP contribution in [0.1, 0.15) is 18.1 Å². The summed E-state index contributed by atoms with van der Waals surface area (Å²) in [7, 11) is -3.50. The standard InChI is InChI=1S/C12H14O3S/c1-4-5-6-11-9-10(2)7-8-12(11)15-16(3,13)14/h4,6-9H,1-3H3. The minimum atomic E-state index is -3.50. The summed E-state index contributed by atoms with van der Waals surface area (Å²) in [6.45, 7) is 3.76. The monoisotopic (exact) mass is 238 g/mol. The molecule has 0 heterocycles. The predicted molar refractivity (Wildman–Crippen MR) is 64.9 cm³/mol. The van der Waals surface area contributed by atoms with E-state index in [-0.39, 0.29) is 0 Å². The lowest BCUT2D eigenvalue weighted by Gasteiger charge is -2.06. The fourth-order valence-corrected chi connectivity index (χ4v) is 1.67. The van der Waals surface area contributed by atoms with Crippen molar-refractivity contribution < 1.29 is 12.6 Å². The van der Waals surface area contributed by atoms with Gasteiger partial charge in [-0.05, 0) is 38.1 Å². The van der Waals surface area contributed by atoms with E-state index in [4.69, 9.17) is 4.18 Å². The maximum absolute atomic E-state index is 11.0. The van der Waals surface area contributed by atoms with E-state index in [0.717, 1.165) is 11.8 Å². The fraction of sp³-hybridized carbons (Fsp3) is 0.250. The molecule has 3 nitrogen and oxygen atoms in total. The Hall–Kier alpha value is -1.51. The average molecular weight is 238 g/mol. The maximum atomic E-state index is 11.0. The predicted octanol–water partition coefficient (Wildman–Crippen LogP) is 2.52. The molecule has 16 heavy (non-hydrogen) atoms. The van der Waals surface area contributed by atoms with Gasteiger partial charge >= 0.3 is 10.1 Å². The molecule has 0 N–H and O–H groups in total. The molecule has 0 spiro atoms. The van der Waals surface area contributed by atoms with Gasteiger partial charge in [-0.3, -0.25) is 0 Å². The Morgan fingerprint density at radius 3 is 2.62 bits per heavy atom. The molecule has 4 heteroatoms. The third-order valence-electron chi connectivity index (χ3n) is 1.81. The molecule has 0 saturated heterocycles. The molecule has 0 atom stereocenters. The van der Waals surface area contributed by atoms with Crippen molar-refractivity contribution in [3.8, 4) is 5.75 Å². The Balaban J connectivity index is 3.23. The molecule has 0 unspecified atom stereocenters. The van der Waals surface area contributed by atoms with Gasteiger partial charge in [-0.15, -0.1) is 5.73 Å². The highest BCUT2D eigenvalue weighted by molar-refractivity contribution is 7.86. The van der Waals surface area contributed by atoms with Gasteiger partial charge in [0, 0.05) is 5.56 Å². The summed E-state index contributed by atoms with van der Waals surface area (Å²) in [4.78, 5) is 0. The van der Waals surface area contributed by atoms with E-state index in [9.17, 15) is 8.42 Å². The van der Waals surface area contributed by atoms with Gasteiger partial charge in [0.2, 0.25) is 0 Å². The van der Waals surface area contributed by atoms with Crippen LogP contribution >= 0.6 is 0 Å². The van der Waals surface area contributed by atoms with Gasteiger partial charge in [-0.1, -0.05) is 11.6 Å². The first-order valence-electron chi connectivity index (χ1n) is 4.79. The Labute approximate surface area is 96.2 Å². The van der Waals surface area contributed by atoms with Crippen LogP contribution in [0.2, 0.25) is 0 Å². The molecule has 1 aromatic carbocycles. The van der Waals surface area contributed by atoms with Gasteiger partial charge in [-0.25, -0.2) is 0 Å². The molecule has 0 bridgehead atoms. The lowest BCUT2D eigenvalue weighted by molar-refractivity contribution is 0.492. The lowest BCUT2D eigenvalue weighted by atomic mass is 10.1. The van der Waals surface area contributed by atoms with E-state index >= 15 is 0 Å². The van der Waals surface area contributed by atoms with Gasteiger partial charge in [0.05, 0.1) is 6.26 Å². The zero-order valence-corrected chi connectivity index (χ0v) is 10.3. The van der Waals surface area contributed by atoms with E-state index in [0.29, 0.717) is 11.3 Å². The number of hydrogen-bond acceptors (Lipinski definition) is 3. The zero-order valence-electron chi connectivity index (χ0n) is 9.52. The van der Waals surface area contributed by atoms with E-state index in [2.05, 4.69) is 5.73 Å². The molecular formula is C12H14O3S. The van der Waals surface area contributed by atoms with Crippen molar-refractivity contribution in [3.05, 3.63) is 41.1 Å². The SMILES string of the molecule is CC=C=Cc1cc(C)ccc1OS(C)(=O)=O. The number of hydrogen-bond donors (Lipinski definition) is 0. The Morgan fingerprint density at radius 2 is 2.06 bits per heavy atom. The van der Waals surface area contributed by atoms with E-state index in [1.807, 2.05) is 19.9 Å². The van der Waals surface area contributed by atoms with Crippen LogP contribution in [0, 0.1) is 6.92 Å². The number of aryl methyl sites for hydroxylation is 1. The van der Waals surface area contributed by atoms with E-state index in [1.165, 1.54) is 0 Å². The summed E-state index contributed by atoms with van der Waals surface area (Å²) in [5.41, 5.74) is 4.62. The first kappa shape index (κ1) is 12.6. The summed E-state index contributed by atoms with van der Waals surface area (Å²) in [5, 5.41) is 0. The minimum Gasteiger partial charge on any atom is -0.382 e. The molecular weight excluding hydrogens is 224 g/mol.